The third kappa shape index (κ3) is 3.86. The highest BCUT2D eigenvalue weighted by atomic mass is 16.6. The lowest BCUT2D eigenvalue weighted by molar-refractivity contribution is -0.385. The number of hydrogen-bond donors (Lipinski definition) is 0. The lowest BCUT2D eigenvalue weighted by Crippen LogP contribution is -2.09. The van der Waals surface area contributed by atoms with Crippen molar-refractivity contribution in [3.8, 4) is 0 Å². The van der Waals surface area contributed by atoms with Crippen LogP contribution in [0, 0.1) is 10.1 Å². The van der Waals surface area contributed by atoms with Crippen molar-refractivity contribution >= 4 is 11.7 Å². The van der Waals surface area contributed by atoms with Crippen LogP contribution in [0.2, 0.25) is 0 Å². The molecule has 0 aromatic heterocycles. The van der Waals surface area contributed by atoms with Gasteiger partial charge in [-0.15, -0.1) is 0 Å². The van der Waals surface area contributed by atoms with Gasteiger partial charge in [-0.1, -0.05) is 31.9 Å². The van der Waals surface area contributed by atoms with E-state index in [1.807, 2.05) is 6.92 Å². The van der Waals surface area contributed by atoms with Crippen molar-refractivity contribution in [2.45, 2.75) is 26.2 Å². The number of carbonyl (C=O) groups is 1. The van der Waals surface area contributed by atoms with E-state index >= 15 is 0 Å². The number of unbranched alkanes of at least 4 members (excludes halogenated alkanes) is 2. The van der Waals surface area contributed by atoms with Gasteiger partial charge < -0.3 is 4.74 Å². The molecule has 0 amide bonds. The van der Waals surface area contributed by atoms with E-state index in [4.69, 9.17) is 4.74 Å². The third-order valence-electron chi connectivity index (χ3n) is 2.30. The fraction of sp³-hybridized carbons (Fsp3) is 0.417. The molecule has 0 N–H and O–H groups in total. The number of nitro groups is 1. The normalized spacial score (nSPS) is 9.94. The Balaban J connectivity index is 2.65. The topological polar surface area (TPSA) is 69.4 Å². The molecule has 0 fully saturated rings. The van der Waals surface area contributed by atoms with Gasteiger partial charge >= 0.3 is 5.97 Å². The van der Waals surface area contributed by atoms with E-state index in [0.717, 1.165) is 19.3 Å². The molecule has 17 heavy (non-hydrogen) atoms. The summed E-state index contributed by atoms with van der Waals surface area (Å²) in [5.74, 6) is -0.631. The average Bonchev–Trinajstić information content (AvgIpc) is 2.34. The van der Waals surface area contributed by atoms with E-state index in [0.29, 0.717) is 6.61 Å². The van der Waals surface area contributed by atoms with E-state index in [1.165, 1.54) is 18.2 Å². The number of carbonyl (C=O) groups excluding carboxylic acids is 1. The van der Waals surface area contributed by atoms with E-state index in [9.17, 15) is 14.9 Å². The van der Waals surface area contributed by atoms with Crippen LogP contribution in [0.15, 0.2) is 24.3 Å². The number of nitrogens with zero attached hydrogens (tertiary/aromatic N) is 1. The summed E-state index contributed by atoms with van der Waals surface area (Å²) in [4.78, 5) is 21.7. The summed E-state index contributed by atoms with van der Waals surface area (Å²) < 4.78 is 4.98. The average molecular weight is 237 g/mol. The predicted molar refractivity (Wildman–Crippen MR) is 62.9 cm³/mol. The van der Waals surface area contributed by atoms with Gasteiger partial charge in [-0.25, -0.2) is 4.79 Å². The first kappa shape index (κ1) is 13.2. The molecule has 92 valence electrons. The van der Waals surface area contributed by atoms with Gasteiger partial charge in [0.25, 0.3) is 5.69 Å². The maximum absolute atomic E-state index is 11.6. The molecule has 0 saturated heterocycles. The van der Waals surface area contributed by atoms with Crippen molar-refractivity contribution in [1.82, 2.24) is 0 Å². The molecule has 1 aromatic carbocycles. The van der Waals surface area contributed by atoms with Crippen LogP contribution in [0.5, 0.6) is 0 Å². The quantitative estimate of drug-likeness (QED) is 0.330. The molecule has 0 atom stereocenters. The van der Waals surface area contributed by atoms with E-state index in [-0.39, 0.29) is 11.3 Å². The van der Waals surface area contributed by atoms with Crippen LogP contribution in [0.25, 0.3) is 0 Å². The Labute approximate surface area is 99.5 Å². The molecule has 0 bridgehead atoms. The molecular weight excluding hydrogens is 222 g/mol. The molecule has 5 heteroatoms. The minimum Gasteiger partial charge on any atom is -0.462 e. The first-order valence-electron chi connectivity index (χ1n) is 5.57. The molecule has 0 aliphatic rings. The van der Waals surface area contributed by atoms with Crippen LogP contribution in [-0.4, -0.2) is 17.5 Å². The van der Waals surface area contributed by atoms with E-state index in [1.54, 1.807) is 6.07 Å². The Morgan fingerprint density at radius 3 is 2.71 bits per heavy atom. The standard InChI is InChI=1S/C12H15NO4/c1-2-3-6-9-17-12(14)10-7-4-5-8-11(10)13(15)16/h4-5,7-8H,2-3,6,9H2,1H3. The number of hydrogen-bond acceptors (Lipinski definition) is 4. The maximum atomic E-state index is 11.6. The lowest BCUT2D eigenvalue weighted by Gasteiger charge is -2.04. The van der Waals surface area contributed by atoms with Gasteiger partial charge in [-0.2, -0.15) is 0 Å². The second-order valence-electron chi connectivity index (χ2n) is 3.62. The number of ether oxygens (including phenoxy) is 1. The fourth-order valence-corrected chi connectivity index (χ4v) is 1.40. The van der Waals surface area contributed by atoms with Crippen molar-refractivity contribution in [3.63, 3.8) is 0 Å². The number of rotatable bonds is 6. The summed E-state index contributed by atoms with van der Waals surface area (Å²) in [5, 5.41) is 10.7. The van der Waals surface area contributed by atoms with Crippen LogP contribution in [0.3, 0.4) is 0 Å². The maximum Gasteiger partial charge on any atom is 0.345 e. The molecule has 1 rings (SSSR count). The van der Waals surface area contributed by atoms with Crippen LogP contribution in [0.1, 0.15) is 36.5 Å². The molecule has 0 unspecified atom stereocenters. The predicted octanol–water partition coefficient (Wildman–Crippen LogP) is 2.94. The smallest absolute Gasteiger partial charge is 0.345 e. The fourth-order valence-electron chi connectivity index (χ4n) is 1.40. The molecule has 0 saturated carbocycles. The van der Waals surface area contributed by atoms with Crippen LogP contribution < -0.4 is 0 Å². The zero-order valence-electron chi connectivity index (χ0n) is 9.72. The highest BCUT2D eigenvalue weighted by Crippen LogP contribution is 2.18. The molecule has 0 radical (unpaired) electrons. The number of benzene rings is 1. The molecule has 0 aliphatic carbocycles. The Morgan fingerprint density at radius 2 is 2.06 bits per heavy atom. The lowest BCUT2D eigenvalue weighted by atomic mass is 10.2. The van der Waals surface area contributed by atoms with E-state index < -0.39 is 10.9 Å². The SMILES string of the molecule is CCCCCOC(=O)c1ccccc1[N+](=O)[O-]. The monoisotopic (exact) mass is 237 g/mol. The molecular formula is C12H15NO4. The Kier molecular flexibility index (Phi) is 5.13. The summed E-state index contributed by atoms with van der Waals surface area (Å²) in [6, 6.07) is 5.80. The van der Waals surface area contributed by atoms with Crippen LogP contribution >= 0.6 is 0 Å². The summed E-state index contributed by atoms with van der Waals surface area (Å²) >= 11 is 0. The summed E-state index contributed by atoms with van der Waals surface area (Å²) in [7, 11) is 0. The van der Waals surface area contributed by atoms with Gasteiger partial charge in [0.2, 0.25) is 0 Å². The molecule has 1 aromatic rings. The Hall–Kier alpha value is -1.91. The number of para-hydroxylation sites is 1. The Morgan fingerprint density at radius 1 is 1.35 bits per heavy atom. The van der Waals surface area contributed by atoms with Crippen molar-refractivity contribution in [3.05, 3.63) is 39.9 Å². The van der Waals surface area contributed by atoms with Gasteiger partial charge in [0.1, 0.15) is 5.56 Å². The summed E-state index contributed by atoms with van der Waals surface area (Å²) in [6.07, 6.45) is 2.79. The largest absolute Gasteiger partial charge is 0.462 e. The second kappa shape index (κ2) is 6.62. The number of nitro benzene ring substituents is 1. The van der Waals surface area contributed by atoms with Crippen molar-refractivity contribution in [1.29, 1.82) is 0 Å². The highest BCUT2D eigenvalue weighted by Gasteiger charge is 2.19. The van der Waals surface area contributed by atoms with Gasteiger partial charge in [-0.3, -0.25) is 10.1 Å². The Bertz CT molecular complexity index is 403. The molecule has 5 nitrogen and oxygen atoms in total. The van der Waals surface area contributed by atoms with Crippen molar-refractivity contribution in [2.24, 2.45) is 0 Å². The van der Waals surface area contributed by atoms with Crippen LogP contribution in [-0.2, 0) is 4.74 Å². The van der Waals surface area contributed by atoms with Gasteiger partial charge in [-0.05, 0) is 12.5 Å². The highest BCUT2D eigenvalue weighted by molar-refractivity contribution is 5.93. The minimum atomic E-state index is -0.631. The summed E-state index contributed by atoms with van der Waals surface area (Å²) in [6.45, 7) is 2.35. The first-order chi connectivity index (χ1) is 8.16. The van der Waals surface area contributed by atoms with Crippen molar-refractivity contribution in [2.75, 3.05) is 6.61 Å². The number of esters is 1. The molecule has 0 spiro atoms. The van der Waals surface area contributed by atoms with Gasteiger partial charge in [0, 0.05) is 6.07 Å². The second-order valence-corrected chi connectivity index (χ2v) is 3.62. The first-order valence-corrected chi connectivity index (χ1v) is 5.57. The van der Waals surface area contributed by atoms with E-state index in [2.05, 4.69) is 0 Å². The zero-order chi connectivity index (χ0) is 12.7. The summed E-state index contributed by atoms with van der Waals surface area (Å²) in [5.41, 5.74) is -0.206. The van der Waals surface area contributed by atoms with Crippen LogP contribution in [0.4, 0.5) is 5.69 Å². The molecule has 0 aliphatic heterocycles. The minimum absolute atomic E-state index is 0.00833. The van der Waals surface area contributed by atoms with Crippen molar-refractivity contribution < 1.29 is 14.5 Å². The third-order valence-corrected chi connectivity index (χ3v) is 2.30. The zero-order valence-corrected chi connectivity index (χ0v) is 9.72. The van der Waals surface area contributed by atoms with Gasteiger partial charge in [0.15, 0.2) is 0 Å². The van der Waals surface area contributed by atoms with Gasteiger partial charge in [0.05, 0.1) is 11.5 Å². The molecule has 0 heterocycles.